The molecule has 1 atom stereocenters. The maximum atomic E-state index is 12.9. The molecule has 0 aliphatic heterocycles. The van der Waals surface area contributed by atoms with Gasteiger partial charge in [0.25, 0.3) is 5.91 Å². The molecule has 130 valence electrons. The highest BCUT2D eigenvalue weighted by molar-refractivity contribution is 6.34. The molecule has 0 aliphatic carbocycles. The van der Waals surface area contributed by atoms with E-state index in [-0.39, 0.29) is 11.7 Å². The van der Waals surface area contributed by atoms with Gasteiger partial charge in [-0.25, -0.2) is 0 Å². The van der Waals surface area contributed by atoms with Crippen molar-refractivity contribution in [2.75, 3.05) is 7.05 Å². The van der Waals surface area contributed by atoms with Gasteiger partial charge in [0, 0.05) is 26.5 Å². The molecule has 0 saturated heterocycles. The topological polar surface area (TPSA) is 51.0 Å². The van der Waals surface area contributed by atoms with E-state index in [0.717, 1.165) is 10.2 Å². The van der Waals surface area contributed by atoms with Crippen LogP contribution in [0.5, 0.6) is 0 Å². The zero-order valence-corrected chi connectivity index (χ0v) is 14.1. The van der Waals surface area contributed by atoms with Gasteiger partial charge < -0.3 is 4.90 Å². The van der Waals surface area contributed by atoms with E-state index in [1.807, 2.05) is 6.92 Å². The normalized spacial score (nSPS) is 13.0. The van der Waals surface area contributed by atoms with Gasteiger partial charge in [0.05, 0.1) is 6.04 Å². The van der Waals surface area contributed by atoms with Crippen molar-refractivity contribution in [1.82, 2.24) is 19.7 Å². The summed E-state index contributed by atoms with van der Waals surface area (Å²) in [6.45, 7) is 1.87. The molecular formula is C15H16ClF3N4O. The van der Waals surface area contributed by atoms with Gasteiger partial charge in [-0.05, 0) is 18.1 Å². The Bertz CT molecular complexity index is 730. The van der Waals surface area contributed by atoms with Crippen molar-refractivity contribution in [1.29, 1.82) is 0 Å². The summed E-state index contributed by atoms with van der Waals surface area (Å²) in [5, 5.41) is 2.65. The van der Waals surface area contributed by atoms with Crippen LogP contribution in [0, 0.1) is 0 Å². The zero-order chi connectivity index (χ0) is 18.1. The van der Waals surface area contributed by atoms with Crippen molar-refractivity contribution >= 4 is 17.5 Å². The Morgan fingerprint density at radius 3 is 2.58 bits per heavy atom. The summed E-state index contributed by atoms with van der Waals surface area (Å²) in [7, 11) is 2.77. The number of halogens is 4. The number of rotatable bonds is 4. The van der Waals surface area contributed by atoms with E-state index in [1.54, 1.807) is 24.5 Å². The van der Waals surface area contributed by atoms with Gasteiger partial charge in [-0.15, -0.1) is 0 Å². The van der Waals surface area contributed by atoms with Gasteiger partial charge >= 0.3 is 6.18 Å². The van der Waals surface area contributed by atoms with Gasteiger partial charge in [0.1, 0.15) is 10.7 Å². The van der Waals surface area contributed by atoms with E-state index >= 15 is 0 Å². The Hall–Kier alpha value is -2.09. The molecule has 0 aromatic carbocycles. The standard InChI is InChI=1S/C15H16ClF3N4O/c1-4-10(9-6-5-7-20-8-9)22(2)14(24)12-11(16)13(15(17,18)19)21-23(12)3/h5-8,10H,4H2,1-3H3. The van der Waals surface area contributed by atoms with Crippen LogP contribution in [0.4, 0.5) is 13.2 Å². The molecule has 24 heavy (non-hydrogen) atoms. The van der Waals surface area contributed by atoms with Crippen molar-refractivity contribution in [3.05, 3.63) is 46.5 Å². The fraction of sp³-hybridized carbons (Fsp3) is 0.400. The van der Waals surface area contributed by atoms with E-state index in [4.69, 9.17) is 11.6 Å². The van der Waals surface area contributed by atoms with Crippen molar-refractivity contribution in [2.24, 2.45) is 7.05 Å². The summed E-state index contributed by atoms with van der Waals surface area (Å²) < 4.78 is 39.6. The summed E-state index contributed by atoms with van der Waals surface area (Å²) in [5.74, 6) is -0.638. The van der Waals surface area contributed by atoms with Crippen LogP contribution in [0.1, 0.15) is 41.1 Å². The highest BCUT2D eigenvalue weighted by Gasteiger charge is 2.40. The van der Waals surface area contributed by atoms with Crippen LogP contribution in [-0.2, 0) is 13.2 Å². The number of aromatic nitrogens is 3. The zero-order valence-electron chi connectivity index (χ0n) is 13.3. The fourth-order valence-corrected chi connectivity index (χ4v) is 2.87. The minimum Gasteiger partial charge on any atom is -0.333 e. The van der Waals surface area contributed by atoms with Gasteiger partial charge in [0.2, 0.25) is 0 Å². The molecule has 0 saturated carbocycles. The highest BCUT2D eigenvalue weighted by atomic mass is 35.5. The van der Waals surface area contributed by atoms with Gasteiger partial charge in [-0.3, -0.25) is 14.5 Å². The van der Waals surface area contributed by atoms with Gasteiger partial charge in [-0.1, -0.05) is 24.6 Å². The third-order valence-corrected chi connectivity index (χ3v) is 4.06. The molecular weight excluding hydrogens is 345 g/mol. The molecule has 1 unspecified atom stereocenters. The second-order valence-corrected chi connectivity index (χ2v) is 5.64. The molecule has 9 heteroatoms. The number of pyridine rings is 1. The molecule has 2 aromatic heterocycles. The van der Waals surface area contributed by atoms with Crippen LogP contribution in [0.3, 0.4) is 0 Å². The minimum absolute atomic E-state index is 0.297. The van der Waals surface area contributed by atoms with Crippen molar-refractivity contribution < 1.29 is 18.0 Å². The monoisotopic (exact) mass is 360 g/mol. The first-order valence-corrected chi connectivity index (χ1v) is 7.53. The van der Waals surface area contributed by atoms with E-state index in [1.165, 1.54) is 19.0 Å². The highest BCUT2D eigenvalue weighted by Crippen LogP contribution is 2.36. The number of aryl methyl sites for hydroxylation is 1. The summed E-state index contributed by atoms with van der Waals surface area (Å²) in [6.07, 6.45) is -0.940. The molecule has 5 nitrogen and oxygen atoms in total. The first-order valence-electron chi connectivity index (χ1n) is 7.15. The third kappa shape index (κ3) is 3.38. The molecule has 2 aromatic rings. The molecule has 2 rings (SSSR count). The minimum atomic E-state index is -4.72. The van der Waals surface area contributed by atoms with E-state index < -0.39 is 22.8 Å². The summed E-state index contributed by atoms with van der Waals surface area (Å²) >= 11 is 5.78. The number of alkyl halides is 3. The Morgan fingerprint density at radius 1 is 1.46 bits per heavy atom. The van der Waals surface area contributed by atoms with Crippen molar-refractivity contribution in [2.45, 2.75) is 25.6 Å². The van der Waals surface area contributed by atoms with Crippen molar-refractivity contribution in [3.8, 4) is 0 Å². The Balaban J connectivity index is 2.40. The first-order chi connectivity index (χ1) is 11.2. The summed E-state index contributed by atoms with van der Waals surface area (Å²) in [5.41, 5.74) is -0.781. The van der Waals surface area contributed by atoms with Crippen LogP contribution in [0.25, 0.3) is 0 Å². The van der Waals surface area contributed by atoms with E-state index in [9.17, 15) is 18.0 Å². The number of carbonyl (C=O) groups is 1. The molecule has 0 fully saturated rings. The predicted octanol–water partition coefficient (Wildman–Crippen LogP) is 3.71. The summed E-state index contributed by atoms with van der Waals surface area (Å²) in [6, 6.07) is 3.19. The third-order valence-electron chi connectivity index (χ3n) is 3.70. The van der Waals surface area contributed by atoms with Crippen LogP contribution < -0.4 is 0 Å². The number of hydrogen-bond acceptors (Lipinski definition) is 3. The molecule has 1 amide bonds. The molecule has 0 bridgehead atoms. The fourth-order valence-electron chi connectivity index (χ4n) is 2.53. The smallest absolute Gasteiger partial charge is 0.333 e. The Kier molecular flexibility index (Phi) is 5.17. The van der Waals surface area contributed by atoms with E-state index in [2.05, 4.69) is 10.1 Å². The Labute approximate surface area is 142 Å². The molecule has 0 radical (unpaired) electrons. The second kappa shape index (κ2) is 6.80. The molecule has 2 heterocycles. The number of amides is 1. The lowest BCUT2D eigenvalue weighted by Gasteiger charge is -2.27. The lowest BCUT2D eigenvalue weighted by molar-refractivity contribution is -0.141. The number of nitrogens with zero attached hydrogens (tertiary/aromatic N) is 4. The van der Waals surface area contributed by atoms with Gasteiger partial charge in [0.15, 0.2) is 5.69 Å². The summed E-state index contributed by atoms with van der Waals surface area (Å²) in [4.78, 5) is 18.0. The lowest BCUT2D eigenvalue weighted by Crippen LogP contribution is -2.32. The largest absolute Gasteiger partial charge is 0.436 e. The number of hydrogen-bond donors (Lipinski definition) is 0. The maximum Gasteiger partial charge on any atom is 0.436 e. The lowest BCUT2D eigenvalue weighted by atomic mass is 10.1. The maximum absolute atomic E-state index is 12.9. The van der Waals surface area contributed by atoms with Crippen LogP contribution in [-0.4, -0.2) is 32.6 Å². The van der Waals surface area contributed by atoms with Gasteiger partial charge in [-0.2, -0.15) is 18.3 Å². The molecule has 0 spiro atoms. The first kappa shape index (κ1) is 18.3. The predicted molar refractivity (Wildman–Crippen MR) is 82.6 cm³/mol. The molecule has 0 N–H and O–H groups in total. The average Bonchev–Trinajstić information content (AvgIpc) is 2.83. The average molecular weight is 361 g/mol. The van der Waals surface area contributed by atoms with Crippen LogP contribution >= 0.6 is 11.6 Å². The SMILES string of the molecule is CCC(c1cccnc1)N(C)C(=O)c1c(Cl)c(C(F)(F)F)nn1C. The Morgan fingerprint density at radius 2 is 2.12 bits per heavy atom. The van der Waals surface area contributed by atoms with Crippen molar-refractivity contribution in [3.63, 3.8) is 0 Å². The van der Waals surface area contributed by atoms with Crippen LogP contribution in [0.2, 0.25) is 5.02 Å². The number of carbonyl (C=O) groups excluding carboxylic acids is 1. The van der Waals surface area contributed by atoms with E-state index in [0.29, 0.717) is 6.42 Å². The molecule has 0 aliphatic rings. The van der Waals surface area contributed by atoms with Crippen LogP contribution in [0.15, 0.2) is 24.5 Å². The second-order valence-electron chi connectivity index (χ2n) is 5.26. The quantitative estimate of drug-likeness (QED) is 0.835.